The Morgan fingerprint density at radius 3 is 2.22 bits per heavy atom. The molecule has 18 heavy (non-hydrogen) atoms. The van der Waals surface area contributed by atoms with Gasteiger partial charge in [0.05, 0.1) is 19.8 Å². The van der Waals surface area contributed by atoms with E-state index in [1.54, 1.807) is 0 Å². The standard InChI is InChI=1S/C15H26O2Si/c1-7-8-10-16-12-13-17-11-9-14-18(5,6)15(2,3)4/h1H,8,10-13H2,2-6H3. The van der Waals surface area contributed by atoms with Crippen LogP contribution in [-0.4, -0.2) is 34.5 Å². The zero-order chi connectivity index (χ0) is 14.1. The Labute approximate surface area is 113 Å². The zero-order valence-corrected chi connectivity index (χ0v) is 13.4. The lowest BCUT2D eigenvalue weighted by molar-refractivity contribution is 0.0627. The lowest BCUT2D eigenvalue weighted by Gasteiger charge is -2.31. The van der Waals surface area contributed by atoms with Gasteiger partial charge in [-0.05, 0) is 5.04 Å². The van der Waals surface area contributed by atoms with Gasteiger partial charge in [0.15, 0.2) is 0 Å². The molecule has 0 spiro atoms. The van der Waals surface area contributed by atoms with E-state index < -0.39 is 8.07 Å². The minimum absolute atomic E-state index is 0.304. The first-order valence-corrected chi connectivity index (χ1v) is 9.40. The highest BCUT2D eigenvalue weighted by atomic mass is 28.3. The Balaban J connectivity index is 3.71. The Kier molecular flexibility index (Phi) is 8.03. The first-order valence-electron chi connectivity index (χ1n) is 6.40. The Bertz CT molecular complexity index is 323. The molecule has 2 nitrogen and oxygen atoms in total. The first-order chi connectivity index (χ1) is 8.31. The van der Waals surface area contributed by atoms with Gasteiger partial charge in [-0.3, -0.25) is 0 Å². The highest BCUT2D eigenvalue weighted by Crippen LogP contribution is 2.34. The molecule has 0 amide bonds. The summed E-state index contributed by atoms with van der Waals surface area (Å²) in [6, 6.07) is 0. The van der Waals surface area contributed by atoms with Gasteiger partial charge in [-0.2, -0.15) is 0 Å². The van der Waals surface area contributed by atoms with Crippen molar-refractivity contribution in [3.63, 3.8) is 0 Å². The van der Waals surface area contributed by atoms with Crippen molar-refractivity contribution in [2.45, 2.75) is 45.3 Å². The second-order valence-electron chi connectivity index (χ2n) is 5.80. The summed E-state index contributed by atoms with van der Waals surface area (Å²) < 4.78 is 10.7. The third-order valence-electron chi connectivity index (χ3n) is 3.21. The fraction of sp³-hybridized carbons (Fsp3) is 0.733. The molecule has 0 aliphatic rings. The van der Waals surface area contributed by atoms with Crippen molar-refractivity contribution in [2.24, 2.45) is 0 Å². The maximum Gasteiger partial charge on any atom is 0.137 e. The molecular weight excluding hydrogens is 240 g/mol. The van der Waals surface area contributed by atoms with Gasteiger partial charge < -0.3 is 9.47 Å². The van der Waals surface area contributed by atoms with Crippen LogP contribution >= 0.6 is 0 Å². The predicted octanol–water partition coefficient (Wildman–Crippen LogP) is 3.09. The largest absolute Gasteiger partial charge is 0.378 e. The minimum Gasteiger partial charge on any atom is -0.378 e. The molecule has 0 saturated carbocycles. The van der Waals surface area contributed by atoms with Crippen LogP contribution in [-0.2, 0) is 9.47 Å². The molecule has 0 aromatic heterocycles. The van der Waals surface area contributed by atoms with Gasteiger partial charge in [-0.25, -0.2) is 0 Å². The SMILES string of the molecule is C#CCCOCCOCC#C[Si](C)(C)C(C)(C)C. The number of ether oxygens (including phenoxy) is 2. The molecule has 0 atom stereocenters. The highest BCUT2D eigenvalue weighted by molar-refractivity contribution is 6.87. The summed E-state index contributed by atoms with van der Waals surface area (Å²) in [5.41, 5.74) is 3.41. The monoisotopic (exact) mass is 266 g/mol. The minimum atomic E-state index is -1.49. The third kappa shape index (κ3) is 7.56. The van der Waals surface area contributed by atoms with E-state index in [9.17, 15) is 0 Å². The molecule has 0 saturated heterocycles. The van der Waals surface area contributed by atoms with E-state index in [0.717, 1.165) is 0 Å². The summed E-state index contributed by atoms with van der Waals surface area (Å²) in [5, 5.41) is 0.304. The Hall–Kier alpha value is -0.743. The zero-order valence-electron chi connectivity index (χ0n) is 12.4. The van der Waals surface area contributed by atoms with E-state index in [0.29, 0.717) is 37.9 Å². The summed E-state index contributed by atoms with van der Waals surface area (Å²) in [6.07, 6.45) is 5.77. The number of terminal acetylenes is 1. The molecule has 0 bridgehead atoms. The smallest absolute Gasteiger partial charge is 0.137 e. The molecule has 0 aliphatic carbocycles. The molecule has 0 aromatic carbocycles. The Morgan fingerprint density at radius 2 is 1.67 bits per heavy atom. The van der Waals surface area contributed by atoms with Crippen LogP contribution in [0.5, 0.6) is 0 Å². The molecule has 0 unspecified atom stereocenters. The molecule has 102 valence electrons. The van der Waals surface area contributed by atoms with E-state index in [4.69, 9.17) is 15.9 Å². The fourth-order valence-corrected chi connectivity index (χ4v) is 1.81. The van der Waals surface area contributed by atoms with Crippen molar-refractivity contribution >= 4 is 8.07 Å². The summed E-state index contributed by atoms with van der Waals surface area (Å²) in [5.74, 6) is 5.66. The van der Waals surface area contributed by atoms with Gasteiger partial charge in [-0.15, -0.1) is 17.9 Å². The van der Waals surface area contributed by atoms with Gasteiger partial charge in [0.25, 0.3) is 0 Å². The molecule has 0 rings (SSSR count). The molecule has 0 fully saturated rings. The second-order valence-corrected chi connectivity index (χ2v) is 10.8. The molecule has 0 aliphatic heterocycles. The van der Waals surface area contributed by atoms with Crippen molar-refractivity contribution in [2.75, 3.05) is 26.4 Å². The quantitative estimate of drug-likeness (QED) is 0.418. The van der Waals surface area contributed by atoms with Crippen LogP contribution in [0.4, 0.5) is 0 Å². The van der Waals surface area contributed by atoms with Crippen molar-refractivity contribution in [1.82, 2.24) is 0 Å². The van der Waals surface area contributed by atoms with Gasteiger partial charge in [0.2, 0.25) is 0 Å². The molecule has 3 heteroatoms. The molecule has 0 N–H and O–H groups in total. The summed E-state index contributed by atoms with van der Waals surface area (Å²) in [4.78, 5) is 0. The number of hydrogen-bond acceptors (Lipinski definition) is 2. The van der Waals surface area contributed by atoms with Crippen LogP contribution in [0.2, 0.25) is 18.1 Å². The lowest BCUT2D eigenvalue weighted by atomic mass is 10.2. The fourth-order valence-electron chi connectivity index (χ4n) is 0.919. The van der Waals surface area contributed by atoms with Gasteiger partial charge in [-0.1, -0.05) is 39.8 Å². The van der Waals surface area contributed by atoms with Crippen LogP contribution in [0.15, 0.2) is 0 Å². The van der Waals surface area contributed by atoms with E-state index in [2.05, 4.69) is 51.2 Å². The van der Waals surface area contributed by atoms with Crippen LogP contribution in [0.25, 0.3) is 0 Å². The van der Waals surface area contributed by atoms with E-state index >= 15 is 0 Å². The second kappa shape index (κ2) is 8.37. The van der Waals surface area contributed by atoms with Crippen molar-refractivity contribution < 1.29 is 9.47 Å². The molecule has 0 aromatic rings. The van der Waals surface area contributed by atoms with Crippen molar-refractivity contribution in [1.29, 1.82) is 0 Å². The van der Waals surface area contributed by atoms with Crippen LogP contribution in [0, 0.1) is 23.8 Å². The van der Waals surface area contributed by atoms with Crippen molar-refractivity contribution in [3.05, 3.63) is 0 Å². The number of rotatable bonds is 6. The average molecular weight is 266 g/mol. The lowest BCUT2D eigenvalue weighted by Crippen LogP contribution is -2.35. The van der Waals surface area contributed by atoms with Gasteiger partial charge in [0, 0.05) is 6.42 Å². The molecular formula is C15H26O2Si. The average Bonchev–Trinajstić information content (AvgIpc) is 2.25. The summed E-state index contributed by atoms with van der Waals surface area (Å²) in [7, 11) is -1.49. The highest BCUT2D eigenvalue weighted by Gasteiger charge is 2.33. The van der Waals surface area contributed by atoms with Gasteiger partial charge >= 0.3 is 0 Å². The normalized spacial score (nSPS) is 11.6. The Morgan fingerprint density at radius 1 is 1.06 bits per heavy atom. The van der Waals surface area contributed by atoms with Crippen LogP contribution < -0.4 is 0 Å². The summed E-state index contributed by atoms with van der Waals surface area (Å²) in [6.45, 7) is 13.6. The predicted molar refractivity (Wildman–Crippen MR) is 80.1 cm³/mol. The topological polar surface area (TPSA) is 18.5 Å². The van der Waals surface area contributed by atoms with Crippen molar-refractivity contribution in [3.8, 4) is 23.8 Å². The maximum absolute atomic E-state index is 5.39. The maximum atomic E-state index is 5.39. The first kappa shape index (κ1) is 17.3. The van der Waals surface area contributed by atoms with Crippen LogP contribution in [0.1, 0.15) is 27.2 Å². The van der Waals surface area contributed by atoms with Gasteiger partial charge in [0.1, 0.15) is 14.7 Å². The van der Waals surface area contributed by atoms with E-state index in [-0.39, 0.29) is 0 Å². The van der Waals surface area contributed by atoms with E-state index in [1.165, 1.54) is 0 Å². The molecule has 0 heterocycles. The van der Waals surface area contributed by atoms with Crippen LogP contribution in [0.3, 0.4) is 0 Å². The van der Waals surface area contributed by atoms with E-state index in [1.807, 2.05) is 0 Å². The summed E-state index contributed by atoms with van der Waals surface area (Å²) >= 11 is 0. The third-order valence-corrected chi connectivity index (χ3v) is 7.76. The number of hydrogen-bond donors (Lipinski definition) is 0. The molecule has 0 radical (unpaired) electrons.